The number of hydrogen-bond acceptors (Lipinski definition) is 4. The molecule has 1 aromatic heterocycles. The number of hydrogen-bond donors (Lipinski definition) is 0. The maximum absolute atomic E-state index is 5.78. The van der Waals surface area contributed by atoms with E-state index in [0.29, 0.717) is 5.95 Å². The summed E-state index contributed by atoms with van der Waals surface area (Å²) in [5.74, 6) is 1.40. The maximum Gasteiger partial charge on any atom is 0.229 e. The number of rotatable bonds is 4. The van der Waals surface area contributed by atoms with Crippen molar-refractivity contribution in [3.05, 3.63) is 11.1 Å². The molecule has 0 aromatic carbocycles. The first-order chi connectivity index (χ1) is 6.63. The van der Waals surface area contributed by atoms with Gasteiger partial charge in [0.2, 0.25) is 11.2 Å². The van der Waals surface area contributed by atoms with E-state index in [1.807, 2.05) is 19.0 Å². The quantitative estimate of drug-likeness (QED) is 0.768. The van der Waals surface area contributed by atoms with Gasteiger partial charge < -0.3 is 4.90 Å². The van der Waals surface area contributed by atoms with Gasteiger partial charge in [0.25, 0.3) is 0 Å². The number of halogens is 1. The van der Waals surface area contributed by atoms with E-state index in [2.05, 4.69) is 21.9 Å². The molecule has 0 aliphatic heterocycles. The Morgan fingerprint density at radius 1 is 1.21 bits per heavy atom. The third-order valence-electron chi connectivity index (χ3n) is 1.80. The molecule has 0 aliphatic carbocycles. The molecule has 0 fully saturated rings. The lowest BCUT2D eigenvalue weighted by molar-refractivity contribution is 0.741. The Bertz CT molecular complexity index is 301. The van der Waals surface area contributed by atoms with Crippen LogP contribution in [0.3, 0.4) is 0 Å². The Hall–Kier alpha value is -0.900. The smallest absolute Gasteiger partial charge is 0.229 e. The molecule has 78 valence electrons. The van der Waals surface area contributed by atoms with Gasteiger partial charge in [-0.1, -0.05) is 13.3 Å². The van der Waals surface area contributed by atoms with E-state index in [4.69, 9.17) is 11.6 Å². The Morgan fingerprint density at radius 3 is 2.50 bits per heavy atom. The molecule has 0 spiro atoms. The topological polar surface area (TPSA) is 41.9 Å². The van der Waals surface area contributed by atoms with Gasteiger partial charge in [-0.05, 0) is 18.0 Å². The highest BCUT2D eigenvalue weighted by atomic mass is 35.5. The molecule has 14 heavy (non-hydrogen) atoms. The highest BCUT2D eigenvalue weighted by Gasteiger charge is 2.05. The summed E-state index contributed by atoms with van der Waals surface area (Å²) in [5, 5.41) is 0.273. The summed E-state index contributed by atoms with van der Waals surface area (Å²) in [5.41, 5.74) is 0. The van der Waals surface area contributed by atoms with Crippen LogP contribution in [0.4, 0.5) is 5.95 Å². The summed E-state index contributed by atoms with van der Waals surface area (Å²) in [7, 11) is 3.77. The fourth-order valence-corrected chi connectivity index (χ4v) is 1.20. The van der Waals surface area contributed by atoms with E-state index in [1.165, 1.54) is 0 Å². The highest BCUT2D eigenvalue weighted by molar-refractivity contribution is 6.28. The van der Waals surface area contributed by atoms with Crippen molar-refractivity contribution >= 4 is 17.5 Å². The van der Waals surface area contributed by atoms with Crippen LogP contribution < -0.4 is 4.90 Å². The van der Waals surface area contributed by atoms with E-state index in [1.54, 1.807) is 0 Å². The molecule has 0 N–H and O–H groups in total. The van der Waals surface area contributed by atoms with E-state index >= 15 is 0 Å². The maximum atomic E-state index is 5.78. The van der Waals surface area contributed by atoms with Gasteiger partial charge in [0.15, 0.2) is 0 Å². The molecule has 1 aromatic rings. The van der Waals surface area contributed by atoms with Crippen LogP contribution in [0.2, 0.25) is 5.28 Å². The number of aromatic nitrogens is 3. The van der Waals surface area contributed by atoms with Gasteiger partial charge in [-0.25, -0.2) is 4.98 Å². The van der Waals surface area contributed by atoms with Gasteiger partial charge >= 0.3 is 0 Å². The van der Waals surface area contributed by atoms with Gasteiger partial charge in [0.05, 0.1) is 0 Å². The van der Waals surface area contributed by atoms with Crippen molar-refractivity contribution in [1.82, 2.24) is 15.0 Å². The van der Waals surface area contributed by atoms with Crippen molar-refractivity contribution < 1.29 is 0 Å². The molecular formula is C9H15ClN4. The first-order valence-electron chi connectivity index (χ1n) is 4.71. The molecule has 1 rings (SSSR count). The lowest BCUT2D eigenvalue weighted by Gasteiger charge is -2.10. The van der Waals surface area contributed by atoms with E-state index < -0.39 is 0 Å². The molecule has 4 nitrogen and oxygen atoms in total. The van der Waals surface area contributed by atoms with Crippen LogP contribution in [-0.2, 0) is 6.42 Å². The van der Waals surface area contributed by atoms with Gasteiger partial charge in [-0.15, -0.1) is 0 Å². The SMILES string of the molecule is CCCCc1nc(Cl)nc(N(C)C)n1. The van der Waals surface area contributed by atoms with Crippen LogP contribution in [0.5, 0.6) is 0 Å². The normalized spacial score (nSPS) is 10.3. The summed E-state index contributed by atoms with van der Waals surface area (Å²) >= 11 is 5.78. The van der Waals surface area contributed by atoms with Crippen molar-refractivity contribution in [2.24, 2.45) is 0 Å². The molecule has 5 heteroatoms. The number of aryl methyl sites for hydroxylation is 1. The standard InChI is InChI=1S/C9H15ClN4/c1-4-5-6-7-11-8(10)13-9(12-7)14(2)3/h4-6H2,1-3H3. The van der Waals surface area contributed by atoms with E-state index in [0.717, 1.165) is 25.1 Å². The number of anilines is 1. The third-order valence-corrected chi connectivity index (χ3v) is 1.97. The molecule has 0 radical (unpaired) electrons. The minimum absolute atomic E-state index is 0.273. The van der Waals surface area contributed by atoms with Crippen molar-refractivity contribution in [2.45, 2.75) is 26.2 Å². The van der Waals surface area contributed by atoms with Gasteiger partial charge in [-0.2, -0.15) is 9.97 Å². The summed E-state index contributed by atoms with van der Waals surface area (Å²) in [6.07, 6.45) is 3.06. The first kappa shape index (κ1) is 11.2. The fraction of sp³-hybridized carbons (Fsp3) is 0.667. The largest absolute Gasteiger partial charge is 0.347 e. The van der Waals surface area contributed by atoms with Crippen molar-refractivity contribution in [2.75, 3.05) is 19.0 Å². The van der Waals surface area contributed by atoms with Crippen LogP contribution in [-0.4, -0.2) is 29.0 Å². The lowest BCUT2D eigenvalue weighted by Crippen LogP contribution is -2.14. The van der Waals surface area contributed by atoms with Crippen LogP contribution in [0, 0.1) is 0 Å². The monoisotopic (exact) mass is 214 g/mol. The van der Waals surface area contributed by atoms with Gasteiger partial charge in [-0.3, -0.25) is 0 Å². The highest BCUT2D eigenvalue weighted by Crippen LogP contribution is 2.09. The van der Waals surface area contributed by atoms with Crippen molar-refractivity contribution in [3.8, 4) is 0 Å². The summed E-state index contributed by atoms with van der Waals surface area (Å²) in [4.78, 5) is 14.2. The number of unbranched alkanes of at least 4 members (excludes halogenated alkanes) is 1. The average Bonchev–Trinajstić information content (AvgIpc) is 2.14. The average molecular weight is 215 g/mol. The molecular weight excluding hydrogens is 200 g/mol. The molecule has 0 aliphatic rings. The van der Waals surface area contributed by atoms with Gasteiger partial charge in [0, 0.05) is 20.5 Å². The molecule has 0 bridgehead atoms. The molecule has 1 heterocycles. The van der Waals surface area contributed by atoms with Crippen molar-refractivity contribution in [3.63, 3.8) is 0 Å². The van der Waals surface area contributed by atoms with E-state index in [-0.39, 0.29) is 5.28 Å². The second-order valence-corrected chi connectivity index (χ2v) is 3.66. The zero-order valence-electron chi connectivity index (χ0n) is 8.79. The molecule has 0 amide bonds. The minimum Gasteiger partial charge on any atom is -0.347 e. The molecule has 0 atom stereocenters. The fourth-order valence-electron chi connectivity index (χ4n) is 1.03. The van der Waals surface area contributed by atoms with Crippen molar-refractivity contribution in [1.29, 1.82) is 0 Å². The first-order valence-corrected chi connectivity index (χ1v) is 5.09. The van der Waals surface area contributed by atoms with Crippen LogP contribution in [0.25, 0.3) is 0 Å². The summed E-state index contributed by atoms with van der Waals surface area (Å²) in [6.45, 7) is 2.13. The summed E-state index contributed by atoms with van der Waals surface area (Å²) < 4.78 is 0. The Morgan fingerprint density at radius 2 is 1.93 bits per heavy atom. The lowest BCUT2D eigenvalue weighted by atomic mass is 10.2. The molecule has 0 unspecified atom stereocenters. The summed E-state index contributed by atoms with van der Waals surface area (Å²) in [6, 6.07) is 0. The number of nitrogens with zero attached hydrogens (tertiary/aromatic N) is 4. The predicted octanol–water partition coefficient (Wildman–Crippen LogP) is 1.93. The molecule has 0 saturated heterocycles. The second kappa shape index (κ2) is 5.10. The minimum atomic E-state index is 0.273. The second-order valence-electron chi connectivity index (χ2n) is 3.32. The third kappa shape index (κ3) is 3.10. The van der Waals surface area contributed by atoms with E-state index in [9.17, 15) is 0 Å². The predicted molar refractivity (Wildman–Crippen MR) is 57.8 cm³/mol. The molecule has 0 saturated carbocycles. The van der Waals surface area contributed by atoms with Gasteiger partial charge in [0.1, 0.15) is 5.82 Å². The Kier molecular flexibility index (Phi) is 4.07. The Labute approximate surface area is 89.3 Å². The zero-order valence-corrected chi connectivity index (χ0v) is 9.54. The zero-order chi connectivity index (χ0) is 10.6. The van der Waals surface area contributed by atoms with Crippen LogP contribution in [0.1, 0.15) is 25.6 Å². The Balaban J connectivity index is 2.84. The van der Waals surface area contributed by atoms with Crippen LogP contribution >= 0.6 is 11.6 Å². The van der Waals surface area contributed by atoms with Crippen LogP contribution in [0.15, 0.2) is 0 Å².